The number of fused-ring (bicyclic) bond motifs is 1. The van der Waals surface area contributed by atoms with Gasteiger partial charge in [-0.05, 0) is 32.9 Å². The van der Waals surface area contributed by atoms with Crippen molar-refractivity contribution in [2.24, 2.45) is 0 Å². The van der Waals surface area contributed by atoms with Crippen molar-refractivity contribution in [3.05, 3.63) is 24.3 Å². The summed E-state index contributed by atoms with van der Waals surface area (Å²) >= 11 is 1.28. The van der Waals surface area contributed by atoms with Gasteiger partial charge in [0.2, 0.25) is 5.91 Å². The van der Waals surface area contributed by atoms with Crippen molar-refractivity contribution in [3.8, 4) is 0 Å². The molecule has 0 saturated carbocycles. The monoisotopic (exact) mass is 306 g/mol. The zero-order valence-electron chi connectivity index (χ0n) is 12.1. The molecule has 1 atom stereocenters. The Hall–Kier alpha value is -2.02. The number of carbonyl (C=O) groups excluding carboxylic acids is 2. The third-order valence-corrected chi connectivity index (χ3v) is 3.67. The van der Waals surface area contributed by atoms with Crippen molar-refractivity contribution in [2.45, 2.75) is 37.2 Å². The molecule has 3 amide bonds. The number of aromatic amines is 1. The number of para-hydroxylation sites is 2. The van der Waals surface area contributed by atoms with Crippen LogP contribution in [0, 0.1) is 0 Å². The first-order valence-electron chi connectivity index (χ1n) is 6.68. The van der Waals surface area contributed by atoms with Crippen molar-refractivity contribution in [3.63, 3.8) is 0 Å². The second-order valence-corrected chi connectivity index (χ2v) is 6.27. The molecule has 1 aromatic carbocycles. The molecule has 0 bridgehead atoms. The molecule has 1 heterocycles. The summed E-state index contributed by atoms with van der Waals surface area (Å²) in [6.07, 6.45) is 0. The van der Waals surface area contributed by atoms with Gasteiger partial charge in [0.25, 0.3) is 0 Å². The summed E-state index contributed by atoms with van der Waals surface area (Å²) in [7, 11) is 0. The summed E-state index contributed by atoms with van der Waals surface area (Å²) in [5.74, 6) is -0.349. The zero-order valence-corrected chi connectivity index (χ0v) is 13.0. The summed E-state index contributed by atoms with van der Waals surface area (Å²) < 4.78 is 0. The molecule has 3 N–H and O–H groups in total. The maximum absolute atomic E-state index is 11.9. The Bertz CT molecular complexity index is 620. The lowest BCUT2D eigenvalue weighted by molar-refractivity contribution is -0.119. The van der Waals surface area contributed by atoms with Crippen LogP contribution < -0.4 is 10.6 Å². The second kappa shape index (κ2) is 6.62. The maximum Gasteiger partial charge on any atom is 0.321 e. The van der Waals surface area contributed by atoms with E-state index in [9.17, 15) is 9.59 Å². The number of rotatable bonds is 4. The highest BCUT2D eigenvalue weighted by Gasteiger charge is 2.18. The highest BCUT2D eigenvalue weighted by Crippen LogP contribution is 2.23. The molecule has 0 radical (unpaired) electrons. The van der Waals surface area contributed by atoms with Gasteiger partial charge in [-0.15, -0.1) is 0 Å². The minimum absolute atomic E-state index is 0.0175. The number of H-pyrrole nitrogens is 1. The molecule has 21 heavy (non-hydrogen) atoms. The van der Waals surface area contributed by atoms with Gasteiger partial charge in [-0.1, -0.05) is 23.9 Å². The highest BCUT2D eigenvalue weighted by atomic mass is 32.2. The standard InChI is InChI=1S/C14H18N4O2S/c1-8(2)15-13(20)18-12(19)9(3)21-14-16-10-6-4-5-7-11(10)17-14/h4-9H,1-3H3,(H,16,17)(H2,15,18,19,20)/t9-/m1/s1. The van der Waals surface area contributed by atoms with Crippen LogP contribution in [0.1, 0.15) is 20.8 Å². The molecule has 1 aromatic heterocycles. The van der Waals surface area contributed by atoms with E-state index in [1.807, 2.05) is 38.1 Å². The number of benzene rings is 1. The van der Waals surface area contributed by atoms with E-state index in [2.05, 4.69) is 20.6 Å². The minimum Gasteiger partial charge on any atom is -0.336 e. The van der Waals surface area contributed by atoms with Crippen LogP contribution in [0.15, 0.2) is 29.4 Å². The second-order valence-electron chi connectivity index (χ2n) is 4.94. The van der Waals surface area contributed by atoms with Crippen LogP contribution in [0.3, 0.4) is 0 Å². The fourth-order valence-electron chi connectivity index (χ4n) is 1.72. The minimum atomic E-state index is -0.480. The Kier molecular flexibility index (Phi) is 4.85. The van der Waals surface area contributed by atoms with Crippen molar-refractivity contribution < 1.29 is 9.59 Å². The van der Waals surface area contributed by atoms with Gasteiger partial charge in [0.05, 0.1) is 16.3 Å². The lowest BCUT2D eigenvalue weighted by Crippen LogP contribution is -2.45. The average molecular weight is 306 g/mol. The molecule has 0 fully saturated rings. The smallest absolute Gasteiger partial charge is 0.321 e. The van der Waals surface area contributed by atoms with E-state index in [4.69, 9.17) is 0 Å². The fourth-order valence-corrected chi connectivity index (χ4v) is 2.54. The van der Waals surface area contributed by atoms with Crippen LogP contribution in [0.5, 0.6) is 0 Å². The number of imide groups is 1. The predicted octanol–water partition coefficient (Wildman–Crippen LogP) is 2.28. The van der Waals surface area contributed by atoms with E-state index in [1.54, 1.807) is 6.92 Å². The highest BCUT2D eigenvalue weighted by molar-refractivity contribution is 8.00. The topological polar surface area (TPSA) is 86.9 Å². The van der Waals surface area contributed by atoms with Crippen LogP contribution in [0.2, 0.25) is 0 Å². The van der Waals surface area contributed by atoms with Crippen molar-refractivity contribution in [2.75, 3.05) is 0 Å². The zero-order chi connectivity index (χ0) is 15.4. The van der Waals surface area contributed by atoms with E-state index in [0.29, 0.717) is 5.16 Å². The molecular formula is C14H18N4O2S. The van der Waals surface area contributed by atoms with Crippen LogP contribution in [-0.2, 0) is 4.79 Å². The van der Waals surface area contributed by atoms with E-state index < -0.39 is 11.3 Å². The summed E-state index contributed by atoms with van der Waals surface area (Å²) in [6.45, 7) is 5.39. The molecular weight excluding hydrogens is 288 g/mol. The summed E-state index contributed by atoms with van der Waals surface area (Å²) in [6, 6.07) is 7.15. The lowest BCUT2D eigenvalue weighted by Gasteiger charge is -2.12. The fraction of sp³-hybridized carbons (Fsp3) is 0.357. The Morgan fingerprint density at radius 3 is 2.62 bits per heavy atom. The van der Waals surface area contributed by atoms with Gasteiger partial charge in [-0.25, -0.2) is 9.78 Å². The van der Waals surface area contributed by atoms with Crippen LogP contribution in [0.4, 0.5) is 4.79 Å². The molecule has 0 aliphatic rings. The molecule has 2 aromatic rings. The maximum atomic E-state index is 11.9. The molecule has 0 spiro atoms. The first-order valence-corrected chi connectivity index (χ1v) is 7.56. The predicted molar refractivity (Wildman–Crippen MR) is 83.2 cm³/mol. The number of amides is 3. The normalized spacial score (nSPS) is 12.4. The van der Waals surface area contributed by atoms with E-state index in [1.165, 1.54) is 11.8 Å². The largest absolute Gasteiger partial charge is 0.336 e. The number of thioether (sulfide) groups is 1. The number of nitrogens with zero attached hydrogens (tertiary/aromatic N) is 1. The Balaban J connectivity index is 1.95. The first kappa shape index (κ1) is 15.4. The number of imidazole rings is 1. The first-order chi connectivity index (χ1) is 9.95. The number of hydrogen-bond donors (Lipinski definition) is 3. The molecule has 6 nitrogen and oxygen atoms in total. The molecule has 0 aliphatic heterocycles. The van der Waals surface area contributed by atoms with Crippen molar-refractivity contribution >= 4 is 34.7 Å². The van der Waals surface area contributed by atoms with Gasteiger partial charge in [0.15, 0.2) is 5.16 Å². The SMILES string of the molecule is CC(C)NC(=O)NC(=O)[C@@H](C)Sc1nc2ccccc2[nH]1. The van der Waals surface area contributed by atoms with Crippen LogP contribution in [-0.4, -0.2) is 33.2 Å². The third-order valence-electron chi connectivity index (χ3n) is 2.68. The Morgan fingerprint density at radius 1 is 1.24 bits per heavy atom. The average Bonchev–Trinajstić information content (AvgIpc) is 2.79. The Labute approximate surface area is 127 Å². The summed E-state index contributed by atoms with van der Waals surface area (Å²) in [5.41, 5.74) is 1.77. The summed E-state index contributed by atoms with van der Waals surface area (Å²) in [5, 5.41) is 5.15. The van der Waals surface area contributed by atoms with Gasteiger partial charge >= 0.3 is 6.03 Å². The number of aromatic nitrogens is 2. The van der Waals surface area contributed by atoms with Gasteiger partial charge in [0.1, 0.15) is 0 Å². The molecule has 0 saturated heterocycles. The molecule has 0 aliphatic carbocycles. The third kappa shape index (κ3) is 4.22. The number of hydrogen-bond acceptors (Lipinski definition) is 4. The van der Waals surface area contributed by atoms with Crippen LogP contribution in [0.25, 0.3) is 11.0 Å². The molecule has 2 rings (SSSR count). The van der Waals surface area contributed by atoms with E-state index in [-0.39, 0.29) is 11.9 Å². The van der Waals surface area contributed by atoms with Crippen LogP contribution >= 0.6 is 11.8 Å². The molecule has 0 unspecified atom stereocenters. The van der Waals surface area contributed by atoms with Gasteiger partial charge in [-0.3, -0.25) is 10.1 Å². The lowest BCUT2D eigenvalue weighted by atomic mass is 10.3. The van der Waals surface area contributed by atoms with Crippen molar-refractivity contribution in [1.82, 2.24) is 20.6 Å². The quantitative estimate of drug-likeness (QED) is 0.756. The molecule has 112 valence electrons. The van der Waals surface area contributed by atoms with E-state index in [0.717, 1.165) is 11.0 Å². The van der Waals surface area contributed by atoms with Crippen molar-refractivity contribution in [1.29, 1.82) is 0 Å². The summed E-state index contributed by atoms with van der Waals surface area (Å²) in [4.78, 5) is 30.9. The van der Waals surface area contributed by atoms with E-state index >= 15 is 0 Å². The number of urea groups is 1. The van der Waals surface area contributed by atoms with Gasteiger partial charge < -0.3 is 10.3 Å². The van der Waals surface area contributed by atoms with Gasteiger partial charge in [-0.2, -0.15) is 0 Å². The molecule has 7 heteroatoms. The Morgan fingerprint density at radius 2 is 1.95 bits per heavy atom. The number of nitrogens with one attached hydrogen (secondary N) is 3. The van der Waals surface area contributed by atoms with Gasteiger partial charge in [0, 0.05) is 6.04 Å². The number of carbonyl (C=O) groups is 2.